The lowest BCUT2D eigenvalue weighted by atomic mass is 10.1. The minimum Gasteiger partial charge on any atom is -0.356 e. The molecule has 0 heterocycles. The average molecular weight is 406 g/mol. The highest BCUT2D eigenvalue weighted by Crippen LogP contribution is 2.18. The molecule has 2 aromatic rings. The molecule has 0 fully saturated rings. The molecule has 5 nitrogen and oxygen atoms in total. The lowest BCUT2D eigenvalue weighted by Gasteiger charge is -2.13. The largest absolute Gasteiger partial charge is 0.356 e. The standard InChI is InChI=1S/C20H27N3O2S2/c1-15-5-8-18(9-6-15)26-12-11-22-20(21-3)23-14-17-7-10-19(16(2)13-17)27(4,24)25/h5-10,13H,11-12,14H2,1-4H3,(H2,21,22,23). The second-order valence-corrected chi connectivity index (χ2v) is 9.54. The number of aryl methyl sites for hydroxylation is 2. The third-order valence-electron chi connectivity index (χ3n) is 4.01. The molecule has 0 bridgehead atoms. The van der Waals surface area contributed by atoms with Crippen molar-refractivity contribution in [2.75, 3.05) is 25.6 Å². The number of guanidine groups is 1. The van der Waals surface area contributed by atoms with Crippen LogP contribution in [0.5, 0.6) is 0 Å². The van der Waals surface area contributed by atoms with Crippen molar-refractivity contribution in [3.8, 4) is 0 Å². The lowest BCUT2D eigenvalue weighted by Crippen LogP contribution is -2.37. The second kappa shape index (κ2) is 9.80. The third kappa shape index (κ3) is 6.92. The third-order valence-corrected chi connectivity index (χ3v) is 6.28. The Morgan fingerprint density at radius 3 is 2.37 bits per heavy atom. The molecule has 0 saturated heterocycles. The molecule has 146 valence electrons. The molecule has 0 amide bonds. The minimum atomic E-state index is -3.19. The summed E-state index contributed by atoms with van der Waals surface area (Å²) in [6.45, 7) is 5.27. The first-order valence-electron chi connectivity index (χ1n) is 8.73. The van der Waals surface area contributed by atoms with Crippen molar-refractivity contribution in [2.24, 2.45) is 4.99 Å². The first-order chi connectivity index (χ1) is 12.8. The van der Waals surface area contributed by atoms with E-state index in [0.29, 0.717) is 11.4 Å². The van der Waals surface area contributed by atoms with Crippen molar-refractivity contribution in [3.05, 3.63) is 59.2 Å². The van der Waals surface area contributed by atoms with Gasteiger partial charge in [-0.2, -0.15) is 0 Å². The van der Waals surface area contributed by atoms with E-state index < -0.39 is 9.84 Å². The molecule has 0 spiro atoms. The molecule has 0 radical (unpaired) electrons. The lowest BCUT2D eigenvalue weighted by molar-refractivity contribution is 0.601. The van der Waals surface area contributed by atoms with E-state index >= 15 is 0 Å². The SMILES string of the molecule is CN=C(NCCSc1ccc(C)cc1)NCc1ccc(S(C)(=O)=O)c(C)c1. The average Bonchev–Trinajstić information content (AvgIpc) is 2.61. The van der Waals surface area contributed by atoms with Crippen LogP contribution in [-0.4, -0.2) is 40.0 Å². The van der Waals surface area contributed by atoms with Gasteiger partial charge in [-0.05, 0) is 43.2 Å². The van der Waals surface area contributed by atoms with Crippen molar-refractivity contribution >= 4 is 27.6 Å². The number of sulfone groups is 1. The minimum absolute atomic E-state index is 0.377. The molecule has 2 N–H and O–H groups in total. The Morgan fingerprint density at radius 1 is 1.07 bits per heavy atom. The number of aliphatic imine (C=N–C) groups is 1. The van der Waals surface area contributed by atoms with Crippen LogP contribution in [0, 0.1) is 13.8 Å². The Bertz CT molecular complexity index is 892. The van der Waals surface area contributed by atoms with Gasteiger partial charge < -0.3 is 10.6 Å². The van der Waals surface area contributed by atoms with E-state index in [9.17, 15) is 8.42 Å². The van der Waals surface area contributed by atoms with Crippen LogP contribution in [0.2, 0.25) is 0 Å². The highest BCUT2D eigenvalue weighted by molar-refractivity contribution is 7.99. The van der Waals surface area contributed by atoms with Gasteiger partial charge in [-0.15, -0.1) is 11.8 Å². The molecule has 2 aromatic carbocycles. The summed E-state index contributed by atoms with van der Waals surface area (Å²) in [5.74, 6) is 1.66. The Hall–Kier alpha value is -1.99. The van der Waals surface area contributed by atoms with E-state index in [2.05, 4.69) is 46.8 Å². The van der Waals surface area contributed by atoms with Crippen LogP contribution in [0.15, 0.2) is 57.2 Å². The topological polar surface area (TPSA) is 70.6 Å². The highest BCUT2D eigenvalue weighted by Gasteiger charge is 2.10. The maximum absolute atomic E-state index is 11.7. The van der Waals surface area contributed by atoms with Crippen molar-refractivity contribution in [1.82, 2.24) is 10.6 Å². The summed E-state index contributed by atoms with van der Waals surface area (Å²) in [7, 11) is -1.45. The smallest absolute Gasteiger partial charge is 0.191 e. The fraction of sp³-hybridized carbons (Fsp3) is 0.350. The van der Waals surface area contributed by atoms with E-state index in [0.717, 1.165) is 29.4 Å². The summed E-state index contributed by atoms with van der Waals surface area (Å²) in [5, 5.41) is 6.55. The maximum Gasteiger partial charge on any atom is 0.191 e. The van der Waals surface area contributed by atoms with E-state index in [1.54, 1.807) is 24.9 Å². The molecule has 0 aromatic heterocycles. The van der Waals surface area contributed by atoms with Crippen LogP contribution >= 0.6 is 11.8 Å². The zero-order valence-corrected chi connectivity index (χ0v) is 17.9. The summed E-state index contributed by atoms with van der Waals surface area (Å²) in [4.78, 5) is 5.86. The Balaban J connectivity index is 1.80. The number of nitrogens with zero attached hydrogens (tertiary/aromatic N) is 1. The predicted octanol–water partition coefficient (Wildman–Crippen LogP) is 3.16. The van der Waals surface area contributed by atoms with Crippen LogP contribution < -0.4 is 10.6 Å². The molecule has 2 rings (SSSR count). The Labute approximate surface area is 166 Å². The van der Waals surface area contributed by atoms with Gasteiger partial charge in [0.1, 0.15) is 0 Å². The second-order valence-electron chi connectivity index (χ2n) is 6.39. The summed E-state index contributed by atoms with van der Waals surface area (Å²) < 4.78 is 23.4. The van der Waals surface area contributed by atoms with Crippen LogP contribution in [-0.2, 0) is 16.4 Å². The summed E-state index contributed by atoms with van der Waals surface area (Å²) in [6.07, 6.45) is 1.23. The molecule has 0 aliphatic heterocycles. The fourth-order valence-corrected chi connectivity index (χ4v) is 4.34. The van der Waals surface area contributed by atoms with Crippen molar-refractivity contribution < 1.29 is 8.42 Å². The van der Waals surface area contributed by atoms with Crippen molar-refractivity contribution in [3.63, 3.8) is 0 Å². The van der Waals surface area contributed by atoms with Crippen molar-refractivity contribution in [1.29, 1.82) is 0 Å². The zero-order chi connectivity index (χ0) is 19.9. The fourth-order valence-electron chi connectivity index (χ4n) is 2.62. The van der Waals surface area contributed by atoms with Crippen molar-refractivity contribution in [2.45, 2.75) is 30.2 Å². The summed E-state index contributed by atoms with van der Waals surface area (Å²) >= 11 is 1.80. The number of rotatable bonds is 7. The van der Waals surface area contributed by atoms with Gasteiger partial charge >= 0.3 is 0 Å². The molecule has 0 aliphatic carbocycles. The van der Waals surface area contributed by atoms with Gasteiger partial charge in [-0.1, -0.05) is 29.8 Å². The van der Waals surface area contributed by atoms with Crippen LogP contribution in [0.1, 0.15) is 16.7 Å². The Kier molecular flexibility index (Phi) is 7.74. The van der Waals surface area contributed by atoms with Gasteiger partial charge in [-0.3, -0.25) is 4.99 Å². The molecular formula is C20H27N3O2S2. The van der Waals surface area contributed by atoms with Crippen LogP contribution in [0.3, 0.4) is 0 Å². The molecule has 27 heavy (non-hydrogen) atoms. The van der Waals surface area contributed by atoms with E-state index in [-0.39, 0.29) is 0 Å². The van der Waals surface area contributed by atoms with Gasteiger partial charge in [-0.25, -0.2) is 8.42 Å². The number of nitrogens with one attached hydrogen (secondary N) is 2. The molecule has 0 aliphatic rings. The number of thioether (sulfide) groups is 1. The van der Waals surface area contributed by atoms with Gasteiger partial charge in [0.05, 0.1) is 4.90 Å². The number of hydrogen-bond acceptors (Lipinski definition) is 4. The monoisotopic (exact) mass is 405 g/mol. The van der Waals surface area contributed by atoms with E-state index in [4.69, 9.17) is 0 Å². The van der Waals surface area contributed by atoms with Gasteiger partial charge in [0.2, 0.25) is 0 Å². The quantitative estimate of drug-likeness (QED) is 0.320. The summed E-state index contributed by atoms with van der Waals surface area (Å²) in [5.41, 5.74) is 3.04. The summed E-state index contributed by atoms with van der Waals surface area (Å²) in [6, 6.07) is 13.9. The molecule has 0 atom stereocenters. The number of hydrogen-bond donors (Lipinski definition) is 2. The normalized spacial score (nSPS) is 12.1. The zero-order valence-electron chi connectivity index (χ0n) is 16.2. The first-order valence-corrected chi connectivity index (χ1v) is 11.6. The van der Waals surface area contributed by atoms with Crippen LogP contribution in [0.4, 0.5) is 0 Å². The van der Waals surface area contributed by atoms with Gasteiger partial charge in [0, 0.05) is 37.0 Å². The molecule has 0 unspecified atom stereocenters. The van der Waals surface area contributed by atoms with Crippen LogP contribution in [0.25, 0.3) is 0 Å². The molecule has 0 saturated carbocycles. The predicted molar refractivity (Wildman–Crippen MR) is 114 cm³/mol. The van der Waals surface area contributed by atoms with Gasteiger partial charge in [0.15, 0.2) is 15.8 Å². The highest BCUT2D eigenvalue weighted by atomic mass is 32.2. The first kappa shape index (κ1) is 21.3. The maximum atomic E-state index is 11.7. The Morgan fingerprint density at radius 2 is 1.78 bits per heavy atom. The van der Waals surface area contributed by atoms with E-state index in [1.165, 1.54) is 16.7 Å². The van der Waals surface area contributed by atoms with Gasteiger partial charge in [0.25, 0.3) is 0 Å². The molecular weight excluding hydrogens is 378 g/mol. The molecule has 7 heteroatoms. The van der Waals surface area contributed by atoms with E-state index in [1.807, 2.05) is 19.1 Å². The number of benzene rings is 2.